The summed E-state index contributed by atoms with van der Waals surface area (Å²) >= 11 is 0. The number of alkyl halides is 2. The van der Waals surface area contributed by atoms with Gasteiger partial charge in [-0.15, -0.1) is 0 Å². The maximum absolute atomic E-state index is 13.3. The summed E-state index contributed by atoms with van der Waals surface area (Å²) in [6.07, 6.45) is 0.217. The van der Waals surface area contributed by atoms with E-state index in [1.807, 2.05) is 19.1 Å². The number of methoxy groups -OCH3 is 1. The van der Waals surface area contributed by atoms with E-state index in [0.717, 1.165) is 35.2 Å². The third-order valence-corrected chi connectivity index (χ3v) is 5.98. The van der Waals surface area contributed by atoms with Crippen molar-refractivity contribution in [2.24, 2.45) is 0 Å². The first-order valence-electron chi connectivity index (χ1n) is 13.2. The maximum atomic E-state index is 13.3. The molecule has 0 amide bonds. The molecule has 0 spiro atoms. The van der Waals surface area contributed by atoms with E-state index in [1.165, 1.54) is 4.90 Å². The molecule has 218 valence electrons. The number of benzene rings is 1. The second kappa shape index (κ2) is 14.9. The number of aliphatic hydroxyl groups is 1. The van der Waals surface area contributed by atoms with Crippen molar-refractivity contribution in [2.75, 3.05) is 37.9 Å². The lowest BCUT2D eigenvalue weighted by Gasteiger charge is -2.25. The number of hydrogen-bond donors (Lipinski definition) is 3. The molecular weight excluding hydrogens is 508 g/mol. The number of nitrogens with one attached hydrogen (secondary N) is 1. The van der Waals surface area contributed by atoms with Crippen LogP contribution in [-0.2, 0) is 22.5 Å². The second-order valence-corrected chi connectivity index (χ2v) is 10.6. The van der Waals surface area contributed by atoms with Crippen molar-refractivity contribution in [2.45, 2.75) is 84.9 Å². The van der Waals surface area contributed by atoms with Crippen molar-refractivity contribution >= 4 is 17.7 Å². The first kappa shape index (κ1) is 32.2. The van der Waals surface area contributed by atoms with Crippen LogP contribution in [0.25, 0.3) is 0 Å². The first-order valence-corrected chi connectivity index (χ1v) is 13.2. The molecule has 0 aliphatic carbocycles. The number of rotatable bonds is 15. The third kappa shape index (κ3) is 10.9. The quantitative estimate of drug-likeness (QED) is 0.277. The van der Waals surface area contributed by atoms with E-state index in [0.29, 0.717) is 24.4 Å². The summed E-state index contributed by atoms with van der Waals surface area (Å²) in [5.41, 5.74) is 8.37. The highest BCUT2D eigenvalue weighted by Gasteiger charge is 2.22. The third-order valence-electron chi connectivity index (χ3n) is 5.98. The number of anilines is 2. The summed E-state index contributed by atoms with van der Waals surface area (Å²) in [5, 5.41) is 12.9. The predicted molar refractivity (Wildman–Crippen MR) is 148 cm³/mol. The van der Waals surface area contributed by atoms with Crippen LogP contribution in [-0.4, -0.2) is 70.8 Å². The molecular formula is C28H43F2N5O4. The van der Waals surface area contributed by atoms with Crippen LogP contribution in [0, 0.1) is 6.92 Å². The number of carbonyl (C=O) groups excluding carboxylic acids is 1. The number of aliphatic hydroxyl groups excluding tert-OH is 1. The van der Waals surface area contributed by atoms with Crippen LogP contribution >= 0.6 is 0 Å². The molecule has 2 aromatic rings. The summed E-state index contributed by atoms with van der Waals surface area (Å²) in [5.74, 6) is 0.778. The number of carbonyl (C=O) groups is 1. The Balaban J connectivity index is 2.30. The van der Waals surface area contributed by atoms with Gasteiger partial charge in [0.15, 0.2) is 0 Å². The smallest absolute Gasteiger partial charge is 0.320 e. The lowest BCUT2D eigenvalue weighted by molar-refractivity contribution is -0.156. The average molecular weight is 552 g/mol. The van der Waals surface area contributed by atoms with E-state index >= 15 is 0 Å². The van der Waals surface area contributed by atoms with Crippen molar-refractivity contribution < 1.29 is 28.2 Å². The van der Waals surface area contributed by atoms with E-state index in [9.17, 15) is 18.7 Å². The Morgan fingerprint density at radius 1 is 1.23 bits per heavy atom. The van der Waals surface area contributed by atoms with Gasteiger partial charge in [0.05, 0.1) is 20.2 Å². The number of nitrogens with two attached hydrogens (primary N) is 1. The van der Waals surface area contributed by atoms with Crippen molar-refractivity contribution in [3.05, 3.63) is 40.6 Å². The number of halogens is 2. The molecule has 1 aromatic carbocycles. The van der Waals surface area contributed by atoms with Gasteiger partial charge in [0.25, 0.3) is 6.43 Å². The van der Waals surface area contributed by atoms with Crippen molar-refractivity contribution in [1.29, 1.82) is 0 Å². The van der Waals surface area contributed by atoms with Gasteiger partial charge < -0.3 is 25.6 Å². The van der Waals surface area contributed by atoms with E-state index in [1.54, 1.807) is 33.9 Å². The van der Waals surface area contributed by atoms with Crippen LogP contribution in [0.3, 0.4) is 0 Å². The van der Waals surface area contributed by atoms with Gasteiger partial charge in [0, 0.05) is 36.9 Å². The molecule has 2 rings (SSSR count). The van der Waals surface area contributed by atoms with E-state index in [2.05, 4.69) is 22.2 Å². The molecule has 0 radical (unpaired) electrons. The minimum atomic E-state index is -2.60. The van der Waals surface area contributed by atoms with Crippen LogP contribution < -0.4 is 15.8 Å². The van der Waals surface area contributed by atoms with Crippen molar-refractivity contribution in [1.82, 2.24) is 14.9 Å². The Labute approximate surface area is 230 Å². The van der Waals surface area contributed by atoms with E-state index < -0.39 is 24.5 Å². The Hall–Kier alpha value is -3.05. The van der Waals surface area contributed by atoms with Gasteiger partial charge in [-0.2, -0.15) is 4.98 Å². The number of ether oxygens (including phenoxy) is 2. The standard InChI is InChI=1S/C28H43F2N5O4/c1-7-8-21(11-12-36)33-26-22(18(2)32-27(31)34-26)14-20-10-9-19(13-23(20)38-6)15-35(16-24(29)30)17-25(37)39-28(3,4)5/h9-10,13,21,24,36H,7-8,11-12,14-17H2,1-6H3,(H3,31,32,33,34)/t21-/m0/s1. The van der Waals surface area contributed by atoms with E-state index in [4.69, 9.17) is 15.2 Å². The summed E-state index contributed by atoms with van der Waals surface area (Å²) in [4.78, 5) is 22.4. The Morgan fingerprint density at radius 3 is 2.54 bits per heavy atom. The zero-order valence-electron chi connectivity index (χ0n) is 23.9. The normalized spacial score (nSPS) is 12.6. The molecule has 1 aromatic heterocycles. The molecule has 9 nitrogen and oxygen atoms in total. The average Bonchev–Trinajstić information content (AvgIpc) is 2.80. The summed E-state index contributed by atoms with van der Waals surface area (Å²) < 4.78 is 37.5. The molecule has 39 heavy (non-hydrogen) atoms. The highest BCUT2D eigenvalue weighted by molar-refractivity contribution is 5.72. The SMILES string of the molecule is CCC[C@@H](CCO)Nc1nc(N)nc(C)c1Cc1ccc(CN(CC(=O)OC(C)(C)C)CC(F)F)cc1OC. The highest BCUT2D eigenvalue weighted by atomic mass is 19.3. The zero-order valence-corrected chi connectivity index (χ0v) is 23.9. The number of aryl methyl sites for hydroxylation is 1. The Bertz CT molecular complexity index is 1070. The molecule has 1 atom stereocenters. The topological polar surface area (TPSA) is 123 Å². The molecule has 11 heteroatoms. The van der Waals surface area contributed by atoms with Gasteiger partial charge in [-0.05, 0) is 57.7 Å². The molecule has 1 heterocycles. The van der Waals surface area contributed by atoms with E-state index in [-0.39, 0.29) is 31.7 Å². The molecule has 0 unspecified atom stereocenters. The summed E-state index contributed by atoms with van der Waals surface area (Å²) in [6.45, 7) is 8.50. The lowest BCUT2D eigenvalue weighted by Crippen LogP contribution is -2.37. The van der Waals surface area contributed by atoms with Crippen LogP contribution in [0.4, 0.5) is 20.5 Å². The van der Waals surface area contributed by atoms with Gasteiger partial charge >= 0.3 is 5.97 Å². The van der Waals surface area contributed by atoms with Gasteiger partial charge in [0.1, 0.15) is 17.2 Å². The summed E-state index contributed by atoms with van der Waals surface area (Å²) in [7, 11) is 1.55. The number of aromatic nitrogens is 2. The number of hydrogen-bond acceptors (Lipinski definition) is 9. The largest absolute Gasteiger partial charge is 0.496 e. The molecule has 0 aliphatic rings. The number of esters is 1. The van der Waals surface area contributed by atoms with Gasteiger partial charge in [0.2, 0.25) is 5.95 Å². The Morgan fingerprint density at radius 2 is 1.95 bits per heavy atom. The van der Waals surface area contributed by atoms with Gasteiger partial charge in [-0.3, -0.25) is 9.69 Å². The van der Waals surface area contributed by atoms with Crippen LogP contribution in [0.1, 0.15) is 69.3 Å². The molecule has 0 bridgehead atoms. The van der Waals surface area contributed by atoms with Gasteiger partial charge in [-0.25, -0.2) is 13.8 Å². The molecule has 0 fully saturated rings. The molecule has 4 N–H and O–H groups in total. The van der Waals surface area contributed by atoms with Crippen molar-refractivity contribution in [3.63, 3.8) is 0 Å². The van der Waals surface area contributed by atoms with Gasteiger partial charge in [-0.1, -0.05) is 25.5 Å². The first-order chi connectivity index (χ1) is 18.3. The maximum Gasteiger partial charge on any atom is 0.320 e. The van der Waals surface area contributed by atoms with Crippen LogP contribution in [0.15, 0.2) is 18.2 Å². The number of nitrogen functional groups attached to an aromatic ring is 1. The summed E-state index contributed by atoms with van der Waals surface area (Å²) in [6, 6.07) is 5.52. The fourth-order valence-electron chi connectivity index (χ4n) is 4.35. The van der Waals surface area contributed by atoms with Crippen molar-refractivity contribution in [3.8, 4) is 5.75 Å². The minimum absolute atomic E-state index is 0.0301. The highest BCUT2D eigenvalue weighted by Crippen LogP contribution is 2.29. The minimum Gasteiger partial charge on any atom is -0.496 e. The van der Waals surface area contributed by atoms with Crippen LogP contribution in [0.2, 0.25) is 0 Å². The monoisotopic (exact) mass is 551 g/mol. The molecule has 0 saturated carbocycles. The fourth-order valence-corrected chi connectivity index (χ4v) is 4.35. The number of nitrogens with zero attached hydrogens (tertiary/aromatic N) is 3. The Kier molecular flexibility index (Phi) is 12.3. The second-order valence-electron chi connectivity index (χ2n) is 10.6. The predicted octanol–water partition coefficient (Wildman–Crippen LogP) is 4.34. The fraction of sp³-hybridized carbons (Fsp3) is 0.607. The molecule has 0 aliphatic heterocycles. The lowest BCUT2D eigenvalue weighted by atomic mass is 10.0. The molecule has 0 saturated heterocycles. The zero-order chi connectivity index (χ0) is 29.2. The van der Waals surface area contributed by atoms with Crippen LogP contribution in [0.5, 0.6) is 5.75 Å².